The number of benzene rings is 3. The number of para-hydroxylation sites is 2. The van der Waals surface area contributed by atoms with E-state index >= 15 is 0 Å². The smallest absolute Gasteiger partial charge is 0.296 e. The minimum Gasteiger partial charge on any atom is -0.493 e. The molecule has 1 saturated heterocycles. The standard InChI is InChI=1S/C35H40N6O6/c1-25(42)38-29(22-26-14-15-31(45-2)32(23-26)46-3)34(43)40-19-17-39(18-20-40)30-24-37-41(27-10-6-4-7-11-27)35(44)33(30)36-16-21-47-28-12-8-5-9-13-28/h4-15,23-24,29,36H,16-22H2,1-3H3,(H,38,42)/t29-/m1/s1. The van der Waals surface area contributed by atoms with Gasteiger partial charge in [0.15, 0.2) is 11.5 Å². The summed E-state index contributed by atoms with van der Waals surface area (Å²) in [6.07, 6.45) is 1.98. The highest BCUT2D eigenvalue weighted by molar-refractivity contribution is 5.87. The predicted molar refractivity (Wildman–Crippen MR) is 180 cm³/mol. The van der Waals surface area contributed by atoms with Crippen LogP contribution in [0.4, 0.5) is 11.4 Å². The van der Waals surface area contributed by atoms with Crippen molar-refractivity contribution in [3.63, 3.8) is 0 Å². The number of nitrogens with zero attached hydrogens (tertiary/aromatic N) is 4. The van der Waals surface area contributed by atoms with Gasteiger partial charge in [-0.05, 0) is 42.0 Å². The van der Waals surface area contributed by atoms with Crippen molar-refractivity contribution in [2.24, 2.45) is 0 Å². The third-order valence-corrected chi connectivity index (χ3v) is 7.87. The van der Waals surface area contributed by atoms with E-state index in [2.05, 4.69) is 20.6 Å². The fourth-order valence-corrected chi connectivity index (χ4v) is 5.54. The number of amides is 2. The highest BCUT2D eigenvalue weighted by atomic mass is 16.5. The van der Waals surface area contributed by atoms with Gasteiger partial charge in [-0.2, -0.15) is 9.78 Å². The average Bonchev–Trinajstić information content (AvgIpc) is 3.10. The third-order valence-electron chi connectivity index (χ3n) is 7.87. The summed E-state index contributed by atoms with van der Waals surface area (Å²) in [4.78, 5) is 43.4. The molecule has 0 unspecified atom stereocenters. The van der Waals surface area contributed by atoms with Crippen molar-refractivity contribution in [2.75, 3.05) is 63.8 Å². The van der Waals surface area contributed by atoms with Gasteiger partial charge in [0.25, 0.3) is 5.56 Å². The summed E-state index contributed by atoms with van der Waals surface area (Å²) in [6, 6.07) is 23.4. The summed E-state index contributed by atoms with van der Waals surface area (Å²) < 4.78 is 18.0. The van der Waals surface area contributed by atoms with Crippen molar-refractivity contribution in [3.8, 4) is 22.9 Å². The lowest BCUT2D eigenvalue weighted by atomic mass is 10.0. The van der Waals surface area contributed by atoms with Gasteiger partial charge in [0.05, 0.1) is 31.8 Å². The Morgan fingerprint density at radius 1 is 0.894 bits per heavy atom. The quantitative estimate of drug-likeness (QED) is 0.212. The van der Waals surface area contributed by atoms with E-state index in [0.717, 1.165) is 11.3 Å². The van der Waals surface area contributed by atoms with E-state index in [1.54, 1.807) is 31.4 Å². The van der Waals surface area contributed by atoms with E-state index in [1.165, 1.54) is 11.6 Å². The van der Waals surface area contributed by atoms with Crippen LogP contribution in [0.15, 0.2) is 89.9 Å². The molecule has 1 atom stereocenters. The molecule has 47 heavy (non-hydrogen) atoms. The van der Waals surface area contributed by atoms with Gasteiger partial charge in [0, 0.05) is 46.1 Å². The van der Waals surface area contributed by atoms with Crippen LogP contribution in [0, 0.1) is 0 Å². The van der Waals surface area contributed by atoms with E-state index < -0.39 is 6.04 Å². The Bertz CT molecular complexity index is 1710. The number of carbonyl (C=O) groups is 2. The van der Waals surface area contributed by atoms with Crippen LogP contribution in [0.1, 0.15) is 12.5 Å². The van der Waals surface area contributed by atoms with Gasteiger partial charge in [-0.15, -0.1) is 0 Å². The highest BCUT2D eigenvalue weighted by Gasteiger charge is 2.30. The van der Waals surface area contributed by atoms with Crippen LogP contribution < -0.4 is 35.3 Å². The number of hydrogen-bond donors (Lipinski definition) is 2. The number of hydrogen-bond acceptors (Lipinski definition) is 9. The highest BCUT2D eigenvalue weighted by Crippen LogP contribution is 2.28. The van der Waals surface area contributed by atoms with Crippen molar-refractivity contribution in [2.45, 2.75) is 19.4 Å². The van der Waals surface area contributed by atoms with Crippen molar-refractivity contribution >= 4 is 23.2 Å². The summed E-state index contributed by atoms with van der Waals surface area (Å²) in [5.74, 6) is 1.41. The van der Waals surface area contributed by atoms with Gasteiger partial charge in [-0.25, -0.2) is 0 Å². The molecule has 0 spiro atoms. The first-order valence-corrected chi connectivity index (χ1v) is 15.5. The molecular weight excluding hydrogens is 600 g/mol. The van der Waals surface area contributed by atoms with Crippen LogP contribution in [0.3, 0.4) is 0 Å². The molecule has 4 aromatic rings. The third kappa shape index (κ3) is 8.20. The molecule has 12 nitrogen and oxygen atoms in total. The summed E-state index contributed by atoms with van der Waals surface area (Å²) in [6.45, 7) is 3.89. The largest absolute Gasteiger partial charge is 0.493 e. The van der Waals surface area contributed by atoms with E-state index in [-0.39, 0.29) is 17.4 Å². The van der Waals surface area contributed by atoms with Crippen LogP contribution in [-0.4, -0.2) is 86.1 Å². The Morgan fingerprint density at radius 2 is 1.57 bits per heavy atom. The van der Waals surface area contributed by atoms with Crippen LogP contribution in [0.5, 0.6) is 17.2 Å². The zero-order chi connectivity index (χ0) is 33.2. The molecule has 2 N–H and O–H groups in total. The number of piperazine rings is 1. The number of anilines is 2. The van der Waals surface area contributed by atoms with Crippen molar-refractivity contribution in [1.29, 1.82) is 0 Å². The van der Waals surface area contributed by atoms with E-state index in [4.69, 9.17) is 14.2 Å². The molecule has 0 aliphatic carbocycles. The molecule has 246 valence electrons. The van der Waals surface area contributed by atoms with Crippen molar-refractivity contribution in [3.05, 3.63) is 101 Å². The first-order chi connectivity index (χ1) is 22.9. The number of nitrogens with one attached hydrogen (secondary N) is 2. The normalized spacial score (nSPS) is 13.4. The first-order valence-electron chi connectivity index (χ1n) is 15.5. The molecule has 0 radical (unpaired) electrons. The minimum atomic E-state index is -0.754. The predicted octanol–water partition coefficient (Wildman–Crippen LogP) is 3.14. The fraction of sp³-hybridized carbons (Fsp3) is 0.314. The van der Waals surface area contributed by atoms with Gasteiger partial charge in [-0.3, -0.25) is 14.4 Å². The van der Waals surface area contributed by atoms with Gasteiger partial charge < -0.3 is 34.6 Å². The molecule has 1 aliphatic rings. The molecule has 1 aromatic heterocycles. The summed E-state index contributed by atoms with van der Waals surface area (Å²) in [7, 11) is 3.11. The molecule has 2 heterocycles. The van der Waals surface area contributed by atoms with Gasteiger partial charge in [0.1, 0.15) is 24.1 Å². The van der Waals surface area contributed by atoms with Crippen molar-refractivity contribution in [1.82, 2.24) is 20.0 Å². The second-order valence-electron chi connectivity index (χ2n) is 11.0. The molecule has 2 amide bonds. The number of carbonyl (C=O) groups excluding carboxylic acids is 2. The summed E-state index contributed by atoms with van der Waals surface area (Å²) in [5.41, 5.74) is 2.25. The molecule has 5 rings (SSSR count). The van der Waals surface area contributed by atoms with E-state index in [9.17, 15) is 14.4 Å². The number of methoxy groups -OCH3 is 2. The second kappa shape index (κ2) is 15.7. The lowest BCUT2D eigenvalue weighted by molar-refractivity contribution is -0.136. The molecule has 0 bridgehead atoms. The van der Waals surface area contributed by atoms with Gasteiger partial charge >= 0.3 is 0 Å². The number of aromatic nitrogens is 2. The topological polar surface area (TPSA) is 127 Å². The second-order valence-corrected chi connectivity index (χ2v) is 11.0. The van der Waals surface area contributed by atoms with Crippen LogP contribution >= 0.6 is 0 Å². The van der Waals surface area contributed by atoms with Crippen molar-refractivity contribution < 1.29 is 23.8 Å². The lowest BCUT2D eigenvalue weighted by Gasteiger charge is -2.38. The minimum absolute atomic E-state index is 0.177. The number of rotatable bonds is 13. The van der Waals surface area contributed by atoms with Gasteiger partial charge in [0.2, 0.25) is 11.8 Å². The van der Waals surface area contributed by atoms with Crippen LogP contribution in [0.25, 0.3) is 5.69 Å². The molecule has 1 fully saturated rings. The molecule has 1 aliphatic heterocycles. The molecule has 0 saturated carbocycles. The van der Waals surface area contributed by atoms with E-state index in [0.29, 0.717) is 74.3 Å². The zero-order valence-corrected chi connectivity index (χ0v) is 26.8. The van der Waals surface area contributed by atoms with Crippen LogP contribution in [-0.2, 0) is 16.0 Å². The zero-order valence-electron chi connectivity index (χ0n) is 26.8. The monoisotopic (exact) mass is 640 g/mol. The fourth-order valence-electron chi connectivity index (χ4n) is 5.54. The molecule has 12 heteroatoms. The summed E-state index contributed by atoms with van der Waals surface area (Å²) in [5, 5.41) is 10.6. The SMILES string of the molecule is COc1ccc(C[C@@H](NC(C)=O)C(=O)N2CCN(c3cnn(-c4ccccc4)c(=O)c3NCCOc3ccccc3)CC2)cc1OC. The number of ether oxygens (including phenoxy) is 3. The van der Waals surface area contributed by atoms with E-state index in [1.807, 2.05) is 72.8 Å². The Morgan fingerprint density at radius 3 is 2.23 bits per heavy atom. The maximum Gasteiger partial charge on any atom is 0.296 e. The Labute approximate surface area is 273 Å². The molecular formula is C35H40N6O6. The maximum atomic E-state index is 13.8. The Kier molecular flexibility index (Phi) is 10.9. The lowest BCUT2D eigenvalue weighted by Crippen LogP contribution is -2.55. The molecule has 3 aromatic carbocycles. The Balaban J connectivity index is 1.30. The Hall–Kier alpha value is -5.52. The summed E-state index contributed by atoms with van der Waals surface area (Å²) >= 11 is 0. The first kappa shape index (κ1) is 32.9. The van der Waals surface area contributed by atoms with Crippen LogP contribution in [0.2, 0.25) is 0 Å². The van der Waals surface area contributed by atoms with Gasteiger partial charge in [-0.1, -0.05) is 42.5 Å². The maximum absolute atomic E-state index is 13.8. The average molecular weight is 641 g/mol.